The molecule has 1 aromatic carbocycles. The molecule has 0 saturated carbocycles. The summed E-state index contributed by atoms with van der Waals surface area (Å²) in [4.78, 5) is 28.7. The number of carbonyl (C=O) groups excluding carboxylic acids is 1. The molecule has 3 heterocycles. The molecule has 0 bridgehead atoms. The molecule has 3 N–H and O–H groups in total. The fourth-order valence-corrected chi connectivity index (χ4v) is 3.90. The van der Waals surface area contributed by atoms with Gasteiger partial charge in [0.05, 0.1) is 62.3 Å². The van der Waals surface area contributed by atoms with Crippen molar-refractivity contribution >= 4 is 22.9 Å². The van der Waals surface area contributed by atoms with Gasteiger partial charge in [-0.05, 0) is 17.5 Å². The second-order valence-corrected chi connectivity index (χ2v) is 7.44. The van der Waals surface area contributed by atoms with E-state index in [-0.39, 0.29) is 6.61 Å². The van der Waals surface area contributed by atoms with E-state index < -0.39 is 12.0 Å². The minimum atomic E-state index is -0.600. The van der Waals surface area contributed by atoms with E-state index >= 15 is 0 Å². The lowest BCUT2D eigenvalue weighted by atomic mass is 9.89. The molecule has 4 aromatic rings. The molecule has 0 aliphatic carbocycles. The molecular formula is C24H25N5O4. The molecule has 0 spiro atoms. The van der Waals surface area contributed by atoms with Crippen LogP contribution in [0.3, 0.4) is 0 Å². The second-order valence-electron chi connectivity index (χ2n) is 7.44. The van der Waals surface area contributed by atoms with Crippen molar-refractivity contribution in [3.05, 3.63) is 72.1 Å². The molecule has 0 aliphatic rings. The van der Waals surface area contributed by atoms with E-state index in [2.05, 4.69) is 25.3 Å². The molecule has 0 amide bonds. The number of anilines is 1. The first-order valence-electron chi connectivity index (χ1n) is 10.4. The number of fused-ring (bicyclic) bond motifs is 1. The number of aliphatic hydroxyl groups is 1. The van der Waals surface area contributed by atoms with Crippen molar-refractivity contribution in [2.24, 2.45) is 0 Å². The number of rotatable bonds is 10. The van der Waals surface area contributed by atoms with Crippen molar-refractivity contribution in [1.29, 1.82) is 0 Å². The predicted octanol–water partition coefficient (Wildman–Crippen LogP) is 3.04. The molecule has 9 heteroatoms. The average molecular weight is 447 g/mol. The Morgan fingerprint density at radius 2 is 2.03 bits per heavy atom. The van der Waals surface area contributed by atoms with Gasteiger partial charge >= 0.3 is 0 Å². The van der Waals surface area contributed by atoms with Gasteiger partial charge in [0, 0.05) is 29.8 Å². The van der Waals surface area contributed by atoms with Gasteiger partial charge in [0.15, 0.2) is 0 Å². The number of methoxy groups -OCH3 is 2. The van der Waals surface area contributed by atoms with Gasteiger partial charge in [-0.3, -0.25) is 9.97 Å². The first-order chi connectivity index (χ1) is 16.2. The molecule has 9 nitrogen and oxygen atoms in total. The second kappa shape index (κ2) is 10.1. The Morgan fingerprint density at radius 1 is 1.15 bits per heavy atom. The number of hydrogen-bond donors (Lipinski definition) is 3. The third-order valence-corrected chi connectivity index (χ3v) is 5.53. The number of benzene rings is 1. The number of para-hydroxylation sites is 1. The highest BCUT2D eigenvalue weighted by Gasteiger charge is 2.29. The third-order valence-electron chi connectivity index (χ3n) is 5.53. The minimum absolute atomic E-state index is 0.0407. The smallest absolute Gasteiger partial charge is 0.231 e. The van der Waals surface area contributed by atoms with E-state index in [1.165, 1.54) is 13.3 Å². The SMILES string of the molecule is COc1cncc(NC(c2cnc(OC)cn2)C(C=O)c2c[nH]c3c(CCO)cccc23)c1. The molecule has 170 valence electrons. The zero-order chi connectivity index (χ0) is 23.2. The fourth-order valence-electron chi connectivity index (χ4n) is 3.90. The summed E-state index contributed by atoms with van der Waals surface area (Å²) in [7, 11) is 3.09. The summed E-state index contributed by atoms with van der Waals surface area (Å²) in [6.45, 7) is 0.0407. The Labute approximate surface area is 190 Å². The van der Waals surface area contributed by atoms with Crippen LogP contribution in [0.2, 0.25) is 0 Å². The zero-order valence-corrected chi connectivity index (χ0v) is 18.4. The highest BCUT2D eigenvalue weighted by atomic mass is 16.5. The number of pyridine rings is 1. The summed E-state index contributed by atoms with van der Waals surface area (Å²) in [6, 6.07) is 7.10. The van der Waals surface area contributed by atoms with Gasteiger partial charge in [-0.15, -0.1) is 0 Å². The Bertz CT molecular complexity index is 1230. The van der Waals surface area contributed by atoms with Gasteiger partial charge in [-0.2, -0.15) is 0 Å². The normalized spacial score (nSPS) is 12.8. The van der Waals surface area contributed by atoms with Crippen molar-refractivity contribution < 1.29 is 19.4 Å². The first kappa shape index (κ1) is 22.2. The lowest BCUT2D eigenvalue weighted by molar-refractivity contribution is -0.109. The van der Waals surface area contributed by atoms with E-state index in [0.29, 0.717) is 29.4 Å². The lowest BCUT2D eigenvalue weighted by Gasteiger charge is -2.25. The van der Waals surface area contributed by atoms with E-state index in [1.807, 2.05) is 24.4 Å². The summed E-state index contributed by atoms with van der Waals surface area (Å²) in [5.74, 6) is 0.365. The van der Waals surface area contributed by atoms with Gasteiger partial charge in [0.1, 0.15) is 12.0 Å². The number of H-pyrrole nitrogens is 1. The molecule has 0 aliphatic heterocycles. The number of hydrogen-bond acceptors (Lipinski definition) is 8. The van der Waals surface area contributed by atoms with Crippen molar-refractivity contribution in [3.8, 4) is 11.6 Å². The number of nitrogens with one attached hydrogen (secondary N) is 2. The summed E-state index contributed by atoms with van der Waals surface area (Å²) in [5, 5.41) is 13.7. The van der Waals surface area contributed by atoms with E-state index in [0.717, 1.165) is 28.3 Å². The maximum absolute atomic E-state index is 12.5. The number of aromatic amines is 1. The van der Waals surface area contributed by atoms with Crippen LogP contribution in [0, 0.1) is 0 Å². The zero-order valence-electron chi connectivity index (χ0n) is 18.4. The maximum Gasteiger partial charge on any atom is 0.231 e. The van der Waals surface area contributed by atoms with Gasteiger partial charge in [0.2, 0.25) is 5.88 Å². The van der Waals surface area contributed by atoms with Crippen molar-refractivity contribution in [2.45, 2.75) is 18.4 Å². The van der Waals surface area contributed by atoms with Crippen molar-refractivity contribution in [3.63, 3.8) is 0 Å². The van der Waals surface area contributed by atoms with Crippen LogP contribution in [0.4, 0.5) is 5.69 Å². The number of ether oxygens (including phenoxy) is 2. The van der Waals surface area contributed by atoms with Crippen LogP contribution in [-0.2, 0) is 11.2 Å². The number of aromatic nitrogens is 4. The third kappa shape index (κ3) is 4.63. The summed E-state index contributed by atoms with van der Waals surface area (Å²) in [6.07, 6.45) is 9.62. The van der Waals surface area contributed by atoms with Gasteiger partial charge in [0.25, 0.3) is 0 Å². The Balaban J connectivity index is 1.79. The molecule has 33 heavy (non-hydrogen) atoms. The maximum atomic E-state index is 12.5. The largest absolute Gasteiger partial charge is 0.495 e. The van der Waals surface area contributed by atoms with Gasteiger partial charge in [-0.25, -0.2) is 4.98 Å². The van der Waals surface area contributed by atoms with Crippen LogP contribution in [0.1, 0.15) is 28.8 Å². The highest BCUT2D eigenvalue weighted by molar-refractivity contribution is 5.89. The number of aliphatic hydroxyl groups excluding tert-OH is 1. The summed E-state index contributed by atoms with van der Waals surface area (Å²) >= 11 is 0. The van der Waals surface area contributed by atoms with E-state index in [1.54, 1.807) is 31.8 Å². The van der Waals surface area contributed by atoms with Gasteiger partial charge in [-0.1, -0.05) is 18.2 Å². The van der Waals surface area contributed by atoms with E-state index in [4.69, 9.17) is 9.47 Å². The molecule has 3 aromatic heterocycles. The topological polar surface area (TPSA) is 122 Å². The Kier molecular flexibility index (Phi) is 6.80. The molecule has 0 fully saturated rings. The average Bonchev–Trinajstić information content (AvgIpc) is 3.29. The number of nitrogens with zero attached hydrogens (tertiary/aromatic N) is 3. The molecule has 2 unspecified atom stereocenters. The van der Waals surface area contributed by atoms with Crippen LogP contribution in [-0.4, -0.2) is 52.2 Å². The van der Waals surface area contributed by atoms with E-state index in [9.17, 15) is 9.90 Å². The van der Waals surface area contributed by atoms with Crippen molar-refractivity contribution in [1.82, 2.24) is 19.9 Å². The molecule has 4 rings (SSSR count). The monoisotopic (exact) mass is 447 g/mol. The molecule has 0 radical (unpaired) electrons. The lowest BCUT2D eigenvalue weighted by Crippen LogP contribution is -2.22. The fraction of sp³-hybridized carbons (Fsp3) is 0.250. The standard InChI is InChI=1S/C24H25N5O4/c1-32-17-8-16(9-25-10-17)29-24(21-12-27-22(33-2)13-26-21)20(14-31)19-11-28-23-15(6-7-30)4-3-5-18(19)23/h3-5,8-14,20,24,28-30H,6-7H2,1-2H3. The number of carbonyl (C=O) groups is 1. The van der Waals surface area contributed by atoms with Crippen LogP contribution >= 0.6 is 0 Å². The van der Waals surface area contributed by atoms with Crippen LogP contribution in [0.15, 0.2) is 55.2 Å². The van der Waals surface area contributed by atoms with Gasteiger partial charge < -0.3 is 29.7 Å². The van der Waals surface area contributed by atoms with Crippen LogP contribution < -0.4 is 14.8 Å². The van der Waals surface area contributed by atoms with Crippen molar-refractivity contribution in [2.75, 3.05) is 26.1 Å². The quantitative estimate of drug-likeness (QED) is 0.317. The predicted molar refractivity (Wildman–Crippen MR) is 124 cm³/mol. The Hall–Kier alpha value is -3.98. The minimum Gasteiger partial charge on any atom is -0.495 e. The number of aldehydes is 1. The first-order valence-corrected chi connectivity index (χ1v) is 10.4. The molecule has 0 saturated heterocycles. The summed E-state index contributed by atoms with van der Waals surface area (Å²) in [5.41, 5.74) is 3.93. The molecule has 2 atom stereocenters. The highest BCUT2D eigenvalue weighted by Crippen LogP contribution is 2.36. The molecular weight excluding hydrogens is 422 g/mol. The van der Waals surface area contributed by atoms with Crippen LogP contribution in [0.25, 0.3) is 10.9 Å². The Morgan fingerprint density at radius 3 is 2.73 bits per heavy atom. The van der Waals surface area contributed by atoms with Crippen LogP contribution in [0.5, 0.6) is 11.6 Å². The summed E-state index contributed by atoms with van der Waals surface area (Å²) < 4.78 is 10.4.